The van der Waals surface area contributed by atoms with Crippen molar-refractivity contribution < 1.29 is 9.90 Å². The number of halogens is 1. The van der Waals surface area contributed by atoms with Gasteiger partial charge in [0.2, 0.25) is 0 Å². The van der Waals surface area contributed by atoms with Crippen molar-refractivity contribution in [1.82, 2.24) is 14.8 Å². The summed E-state index contributed by atoms with van der Waals surface area (Å²) >= 11 is 6.07. The lowest BCUT2D eigenvalue weighted by Crippen LogP contribution is -2.56. The second-order valence-corrected chi connectivity index (χ2v) is 13.4. The SMILES string of the molecule is CC[C@]12CC[C@@](C)(O)C[C@@H]1CC[C@H]1[C@@H]3CC[C@H](C(=O)Cn4cc5ncc(Cl)cc5n4)[C@@]3(C)CC[C@@H]12. The molecule has 2 aromatic rings. The number of carbonyl (C=O) groups excluding carboxylic acids is 1. The van der Waals surface area contributed by atoms with Gasteiger partial charge in [0.25, 0.3) is 0 Å². The molecular formula is C29H40ClN3O2. The van der Waals surface area contributed by atoms with Crippen LogP contribution in [0.3, 0.4) is 0 Å². The summed E-state index contributed by atoms with van der Waals surface area (Å²) in [6, 6.07) is 1.81. The van der Waals surface area contributed by atoms with Gasteiger partial charge in [0, 0.05) is 12.1 Å². The van der Waals surface area contributed by atoms with Crippen molar-refractivity contribution in [1.29, 1.82) is 0 Å². The van der Waals surface area contributed by atoms with Gasteiger partial charge in [0.15, 0.2) is 5.78 Å². The summed E-state index contributed by atoms with van der Waals surface area (Å²) in [6.07, 6.45) is 15.0. The van der Waals surface area contributed by atoms with E-state index in [9.17, 15) is 9.90 Å². The molecule has 2 aromatic heterocycles. The Balaban J connectivity index is 1.22. The molecule has 190 valence electrons. The number of carbonyl (C=O) groups is 1. The average molecular weight is 498 g/mol. The number of hydrogen-bond donors (Lipinski definition) is 1. The van der Waals surface area contributed by atoms with Gasteiger partial charge in [-0.3, -0.25) is 14.5 Å². The number of nitrogens with zero attached hydrogens (tertiary/aromatic N) is 3. The maximum atomic E-state index is 13.7. The van der Waals surface area contributed by atoms with E-state index in [0.717, 1.165) is 42.1 Å². The van der Waals surface area contributed by atoms with Gasteiger partial charge in [-0.1, -0.05) is 25.4 Å². The van der Waals surface area contributed by atoms with Gasteiger partial charge in [0.1, 0.15) is 11.0 Å². The van der Waals surface area contributed by atoms with Crippen molar-refractivity contribution in [3.63, 3.8) is 0 Å². The molecule has 8 atom stereocenters. The Labute approximate surface area is 214 Å². The maximum Gasteiger partial charge on any atom is 0.157 e. The predicted molar refractivity (Wildman–Crippen MR) is 138 cm³/mol. The van der Waals surface area contributed by atoms with E-state index in [1.807, 2.05) is 12.3 Å². The van der Waals surface area contributed by atoms with Crippen molar-refractivity contribution in [2.24, 2.45) is 40.4 Å². The summed E-state index contributed by atoms with van der Waals surface area (Å²) < 4.78 is 1.77. The topological polar surface area (TPSA) is 68.0 Å². The quantitative estimate of drug-likeness (QED) is 0.526. The van der Waals surface area contributed by atoms with Crippen LogP contribution < -0.4 is 0 Å². The van der Waals surface area contributed by atoms with Crippen LogP contribution >= 0.6 is 11.6 Å². The molecule has 0 unspecified atom stereocenters. The molecule has 4 fully saturated rings. The minimum Gasteiger partial charge on any atom is -0.390 e. The van der Waals surface area contributed by atoms with Crippen molar-refractivity contribution in [3.05, 3.63) is 23.5 Å². The standard InChI is InChI=1S/C29H40ClN3O2/c1-4-29-12-11-27(2,35)14-18(29)5-6-20-21-7-8-23(28(21,3)10-9-22(20)29)26(34)17-33-16-25-24(32-33)13-19(30)15-31-25/h13,15-16,18,20-23,35H,4-12,14,17H2,1-3H3/t18-,20-,21-,22-,23+,27+,28-,29-/m0/s1. The monoisotopic (exact) mass is 497 g/mol. The molecule has 0 spiro atoms. The van der Waals surface area contributed by atoms with Crippen LogP contribution in [0.25, 0.3) is 11.0 Å². The molecule has 0 radical (unpaired) electrons. The van der Waals surface area contributed by atoms with Crippen molar-refractivity contribution in [3.8, 4) is 0 Å². The molecular weight excluding hydrogens is 458 g/mol. The Kier molecular flexibility index (Phi) is 5.65. The minimum absolute atomic E-state index is 0.105. The lowest BCUT2D eigenvalue weighted by atomic mass is 9.42. The normalized spacial score (nSPS) is 42.9. The number of Topliss-reactive ketones (excluding diaryl/α,β-unsaturated/α-hetero) is 1. The maximum absolute atomic E-state index is 13.7. The van der Waals surface area contributed by atoms with Crippen LogP contribution in [0.4, 0.5) is 0 Å². The first-order chi connectivity index (χ1) is 16.6. The van der Waals surface area contributed by atoms with Gasteiger partial charge in [0.05, 0.1) is 23.4 Å². The second-order valence-electron chi connectivity index (χ2n) is 13.0. The molecule has 0 bridgehead atoms. The summed E-state index contributed by atoms with van der Waals surface area (Å²) in [7, 11) is 0. The van der Waals surface area contributed by atoms with Gasteiger partial charge in [-0.2, -0.15) is 5.10 Å². The fourth-order valence-electron chi connectivity index (χ4n) is 9.75. The highest BCUT2D eigenvalue weighted by Crippen LogP contribution is 2.69. The molecule has 0 aliphatic heterocycles. The van der Waals surface area contributed by atoms with E-state index >= 15 is 0 Å². The van der Waals surface area contributed by atoms with E-state index in [4.69, 9.17) is 11.6 Å². The lowest BCUT2D eigenvalue weighted by Gasteiger charge is -2.63. The first-order valence-corrected chi connectivity index (χ1v) is 14.3. The highest BCUT2D eigenvalue weighted by molar-refractivity contribution is 6.31. The van der Waals surface area contributed by atoms with Gasteiger partial charge in [-0.15, -0.1) is 0 Å². The number of ketones is 1. The third-order valence-corrected chi connectivity index (χ3v) is 11.6. The Morgan fingerprint density at radius 3 is 2.74 bits per heavy atom. The lowest BCUT2D eigenvalue weighted by molar-refractivity contribution is -0.158. The second kappa shape index (κ2) is 8.28. The molecule has 4 aliphatic carbocycles. The number of fused-ring (bicyclic) bond motifs is 6. The minimum atomic E-state index is -0.484. The fourth-order valence-corrected chi connectivity index (χ4v) is 9.90. The van der Waals surface area contributed by atoms with Crippen LogP contribution in [0.2, 0.25) is 5.02 Å². The van der Waals surface area contributed by atoms with E-state index in [-0.39, 0.29) is 11.3 Å². The Morgan fingerprint density at radius 2 is 1.94 bits per heavy atom. The molecule has 1 N–H and O–H groups in total. The number of aromatic nitrogens is 3. The van der Waals surface area contributed by atoms with Gasteiger partial charge in [-0.25, -0.2) is 0 Å². The Hall–Kier alpha value is -1.46. The fraction of sp³-hybridized carbons (Fsp3) is 0.759. The third kappa shape index (κ3) is 3.70. The Bertz CT molecular complexity index is 1140. The molecule has 2 heterocycles. The van der Waals surface area contributed by atoms with E-state index in [0.29, 0.717) is 34.6 Å². The molecule has 0 saturated heterocycles. The summed E-state index contributed by atoms with van der Waals surface area (Å²) in [5, 5.41) is 16.0. The van der Waals surface area contributed by atoms with Crippen LogP contribution in [0.15, 0.2) is 18.5 Å². The van der Waals surface area contributed by atoms with Crippen LogP contribution in [-0.4, -0.2) is 31.3 Å². The highest BCUT2D eigenvalue weighted by atomic mass is 35.5. The smallest absolute Gasteiger partial charge is 0.157 e. The van der Waals surface area contributed by atoms with Crippen LogP contribution in [-0.2, 0) is 11.3 Å². The zero-order valence-electron chi connectivity index (χ0n) is 21.5. The molecule has 0 aromatic carbocycles. The number of hydrogen-bond acceptors (Lipinski definition) is 4. The largest absolute Gasteiger partial charge is 0.390 e. The molecule has 4 saturated carbocycles. The molecule has 4 aliphatic rings. The van der Waals surface area contributed by atoms with Gasteiger partial charge in [-0.05, 0) is 112 Å². The number of pyridine rings is 1. The van der Waals surface area contributed by atoms with Crippen molar-refractivity contribution in [2.45, 2.75) is 97.1 Å². The zero-order valence-corrected chi connectivity index (χ0v) is 22.2. The third-order valence-electron chi connectivity index (χ3n) is 11.4. The molecule has 5 nitrogen and oxygen atoms in total. The first kappa shape index (κ1) is 23.9. The molecule has 6 rings (SSSR count). The van der Waals surface area contributed by atoms with Crippen molar-refractivity contribution >= 4 is 28.4 Å². The van der Waals surface area contributed by atoms with Crippen LogP contribution in [0.1, 0.15) is 85.0 Å². The van der Waals surface area contributed by atoms with Crippen LogP contribution in [0, 0.1) is 40.4 Å². The van der Waals surface area contributed by atoms with Gasteiger partial charge < -0.3 is 5.11 Å². The van der Waals surface area contributed by atoms with E-state index in [1.165, 1.54) is 44.9 Å². The Morgan fingerprint density at radius 1 is 1.11 bits per heavy atom. The average Bonchev–Trinajstić information content (AvgIpc) is 3.37. The van der Waals surface area contributed by atoms with E-state index < -0.39 is 5.60 Å². The summed E-state index contributed by atoms with van der Waals surface area (Å²) in [6.45, 7) is 7.21. The number of aliphatic hydroxyl groups is 1. The van der Waals surface area contributed by atoms with E-state index in [1.54, 1.807) is 10.9 Å². The number of rotatable bonds is 4. The molecule has 35 heavy (non-hydrogen) atoms. The summed E-state index contributed by atoms with van der Waals surface area (Å²) in [5.41, 5.74) is 1.55. The zero-order chi connectivity index (χ0) is 24.6. The van der Waals surface area contributed by atoms with Crippen LogP contribution in [0.5, 0.6) is 0 Å². The first-order valence-electron chi connectivity index (χ1n) is 13.9. The molecule has 0 amide bonds. The van der Waals surface area contributed by atoms with Crippen molar-refractivity contribution in [2.75, 3.05) is 0 Å². The molecule has 6 heteroatoms. The summed E-state index contributed by atoms with van der Waals surface area (Å²) in [4.78, 5) is 18.0. The predicted octanol–water partition coefficient (Wildman–Crippen LogP) is 6.45. The summed E-state index contributed by atoms with van der Waals surface area (Å²) in [5.74, 6) is 3.28. The van der Waals surface area contributed by atoms with E-state index in [2.05, 4.69) is 30.9 Å². The highest BCUT2D eigenvalue weighted by Gasteiger charge is 2.62. The van der Waals surface area contributed by atoms with Gasteiger partial charge >= 0.3 is 0 Å².